The fourth-order valence-electron chi connectivity index (χ4n) is 3.86. The maximum absolute atomic E-state index is 12.6. The van der Waals surface area contributed by atoms with Gasteiger partial charge in [-0.05, 0) is 25.0 Å². The number of piperazine rings is 1. The van der Waals surface area contributed by atoms with Crippen LogP contribution in [0, 0.1) is 0 Å². The highest BCUT2D eigenvalue weighted by atomic mass is 16.5. The van der Waals surface area contributed by atoms with Crippen LogP contribution in [0.5, 0.6) is 5.75 Å². The number of nitrogens with zero attached hydrogens (tertiary/aromatic N) is 2. The molecule has 170 valence electrons. The molecule has 0 aliphatic carbocycles. The number of imide groups is 1. The van der Waals surface area contributed by atoms with Crippen molar-refractivity contribution in [2.24, 2.45) is 5.73 Å². The van der Waals surface area contributed by atoms with E-state index in [-0.39, 0.29) is 37.2 Å². The first kappa shape index (κ1) is 23.4. The molecule has 4 N–H and O–H groups in total. The molecule has 1 aromatic rings. The molecule has 1 saturated heterocycles. The molecule has 3 rings (SSSR count). The fourth-order valence-corrected chi connectivity index (χ4v) is 3.86. The summed E-state index contributed by atoms with van der Waals surface area (Å²) in [5.41, 5.74) is 6.33. The van der Waals surface area contributed by atoms with E-state index in [9.17, 15) is 34.1 Å². The van der Waals surface area contributed by atoms with Gasteiger partial charge in [0.25, 0.3) is 0 Å². The second-order valence-corrected chi connectivity index (χ2v) is 7.79. The number of amides is 3. The number of para-hydroxylation sites is 1. The van der Waals surface area contributed by atoms with Gasteiger partial charge in [0.05, 0.1) is 11.6 Å². The van der Waals surface area contributed by atoms with E-state index in [1.165, 1.54) is 11.0 Å². The highest BCUT2D eigenvalue weighted by molar-refractivity contribution is 6.47. The number of nitrogens with two attached hydrogens (primary N) is 1. The Morgan fingerprint density at radius 3 is 2.62 bits per heavy atom. The third-order valence-corrected chi connectivity index (χ3v) is 5.71. The Morgan fingerprint density at radius 1 is 1.25 bits per heavy atom. The van der Waals surface area contributed by atoms with Gasteiger partial charge in [-0.15, -0.1) is 0 Å². The summed E-state index contributed by atoms with van der Waals surface area (Å²) in [6, 6.07) is 3.32. The van der Waals surface area contributed by atoms with Gasteiger partial charge < -0.3 is 25.4 Å². The minimum Gasteiger partial charge on any atom is -0.535 e. The number of carbonyl (C=O) groups is 5. The molecule has 3 amide bonds. The van der Waals surface area contributed by atoms with Crippen LogP contribution in [0.15, 0.2) is 18.2 Å². The van der Waals surface area contributed by atoms with E-state index < -0.39 is 54.9 Å². The van der Waals surface area contributed by atoms with Crippen molar-refractivity contribution in [3.8, 4) is 5.75 Å². The minimum atomic E-state index is -1.42. The first-order valence-electron chi connectivity index (χ1n) is 10.3. The Labute approximate surface area is 184 Å². The Bertz CT molecular complexity index is 968. The number of ketones is 1. The van der Waals surface area contributed by atoms with Crippen LogP contribution in [0.1, 0.15) is 35.7 Å². The van der Waals surface area contributed by atoms with Crippen LogP contribution < -0.4 is 10.4 Å². The van der Waals surface area contributed by atoms with Crippen LogP contribution in [0.4, 0.5) is 0 Å². The van der Waals surface area contributed by atoms with E-state index in [1.807, 2.05) is 0 Å². The number of carbonyl (C=O) groups excluding carboxylic acids is 4. The molecule has 0 saturated carbocycles. The normalized spacial score (nSPS) is 19.3. The molecule has 0 radical (unpaired) electrons. The van der Waals surface area contributed by atoms with Crippen molar-refractivity contribution >= 4 is 36.6 Å². The number of hydrogen-bond acceptors (Lipinski definition) is 8. The Morgan fingerprint density at radius 2 is 1.97 bits per heavy atom. The van der Waals surface area contributed by atoms with Crippen molar-refractivity contribution in [3.05, 3.63) is 29.3 Å². The average Bonchev–Trinajstić information content (AvgIpc) is 2.75. The van der Waals surface area contributed by atoms with Crippen LogP contribution >= 0.6 is 0 Å². The summed E-state index contributed by atoms with van der Waals surface area (Å²) < 4.78 is 5.36. The molecule has 12 heteroatoms. The lowest BCUT2D eigenvalue weighted by atomic mass is 9.64. The predicted molar refractivity (Wildman–Crippen MR) is 111 cm³/mol. The number of hydrogen-bond donors (Lipinski definition) is 3. The largest absolute Gasteiger partial charge is 0.535 e. The van der Waals surface area contributed by atoms with Gasteiger partial charge in [0.1, 0.15) is 11.5 Å². The van der Waals surface area contributed by atoms with Crippen LogP contribution in [0.3, 0.4) is 0 Å². The second-order valence-electron chi connectivity index (χ2n) is 7.79. The van der Waals surface area contributed by atoms with Crippen LogP contribution in [0.25, 0.3) is 0 Å². The SMILES string of the molecule is CCN1CCN(C(=O)C[C@H](N)C(=O)C[C@H]2Cc3cccc(C(=O)O)c3OB2O)C(=O)C1=O. The molecule has 1 aromatic carbocycles. The smallest absolute Gasteiger partial charge is 0.526 e. The summed E-state index contributed by atoms with van der Waals surface area (Å²) in [6.07, 6.45) is -0.466. The lowest BCUT2D eigenvalue weighted by Crippen LogP contribution is -2.56. The van der Waals surface area contributed by atoms with Crippen molar-refractivity contribution < 1.29 is 38.8 Å². The fraction of sp³-hybridized carbons (Fsp3) is 0.450. The first-order chi connectivity index (χ1) is 15.1. The Balaban J connectivity index is 1.61. The Kier molecular flexibility index (Phi) is 6.95. The zero-order chi connectivity index (χ0) is 23.6. The van der Waals surface area contributed by atoms with Crippen LogP contribution in [0.2, 0.25) is 5.82 Å². The van der Waals surface area contributed by atoms with Crippen LogP contribution in [-0.4, -0.2) is 82.2 Å². The van der Waals surface area contributed by atoms with Crippen molar-refractivity contribution in [2.75, 3.05) is 19.6 Å². The molecule has 11 nitrogen and oxygen atoms in total. The van der Waals surface area contributed by atoms with E-state index in [1.54, 1.807) is 19.1 Å². The number of fused-ring (bicyclic) bond motifs is 1. The third-order valence-electron chi connectivity index (χ3n) is 5.71. The first-order valence-corrected chi connectivity index (χ1v) is 10.3. The van der Waals surface area contributed by atoms with Gasteiger partial charge >= 0.3 is 24.9 Å². The molecular weight excluding hydrogens is 421 g/mol. The zero-order valence-electron chi connectivity index (χ0n) is 17.5. The molecule has 0 unspecified atom stereocenters. The van der Waals surface area contributed by atoms with Gasteiger partial charge in [-0.2, -0.15) is 0 Å². The molecule has 2 heterocycles. The van der Waals surface area contributed by atoms with Crippen molar-refractivity contribution in [1.82, 2.24) is 9.80 Å². The zero-order valence-corrected chi connectivity index (χ0v) is 17.5. The highest BCUT2D eigenvalue weighted by Gasteiger charge is 2.40. The number of Topliss-reactive ketones (excluding diaryl/α,β-unsaturated/α-hetero) is 1. The Hall–Kier alpha value is -3.25. The maximum Gasteiger partial charge on any atom is 0.526 e. The number of rotatable bonds is 7. The predicted octanol–water partition coefficient (Wildman–Crippen LogP) is -0.936. The topological polar surface area (TPSA) is 168 Å². The maximum atomic E-state index is 12.6. The average molecular weight is 445 g/mol. The van der Waals surface area contributed by atoms with Crippen molar-refractivity contribution in [2.45, 2.75) is 38.0 Å². The van der Waals surface area contributed by atoms with Crippen molar-refractivity contribution in [3.63, 3.8) is 0 Å². The molecular formula is C20H24BN3O8. The van der Waals surface area contributed by atoms with Gasteiger partial charge in [-0.3, -0.25) is 24.1 Å². The monoisotopic (exact) mass is 445 g/mol. The molecule has 2 atom stereocenters. The van der Waals surface area contributed by atoms with E-state index >= 15 is 0 Å². The number of likely N-dealkylation sites (N-methyl/N-ethyl adjacent to an activating group) is 1. The lowest BCUT2D eigenvalue weighted by molar-refractivity contribution is -0.161. The number of aromatic carboxylic acids is 1. The van der Waals surface area contributed by atoms with Gasteiger partial charge in [0.2, 0.25) is 5.91 Å². The van der Waals surface area contributed by atoms with Gasteiger partial charge in [-0.1, -0.05) is 12.1 Å². The molecule has 2 aliphatic heterocycles. The van der Waals surface area contributed by atoms with Crippen LogP contribution in [-0.2, 0) is 25.6 Å². The van der Waals surface area contributed by atoms with Gasteiger partial charge in [0, 0.05) is 38.3 Å². The lowest BCUT2D eigenvalue weighted by Gasteiger charge is -2.32. The standard InChI is InChI=1S/C20H24BN3O8/c1-2-23-6-7-24(19(28)18(23)27)16(26)10-14(22)15(25)9-12-8-11-4-3-5-13(20(29)30)17(11)32-21(12)31/h3-5,12,14,31H,2,6-10,22H2,1H3,(H,29,30)/t12-,14+/m1/s1. The van der Waals surface area contributed by atoms with Gasteiger partial charge in [-0.25, -0.2) is 4.79 Å². The minimum absolute atomic E-state index is 0.0377. The summed E-state index contributed by atoms with van der Waals surface area (Å²) in [7, 11) is -1.42. The quantitative estimate of drug-likeness (QED) is 0.355. The molecule has 0 spiro atoms. The molecule has 0 aromatic heterocycles. The number of carboxylic acids is 1. The summed E-state index contributed by atoms with van der Waals surface area (Å²) in [5, 5.41) is 19.5. The van der Waals surface area contributed by atoms with E-state index in [0.717, 1.165) is 4.90 Å². The third kappa shape index (κ3) is 4.65. The van der Waals surface area contributed by atoms with E-state index in [4.69, 9.17) is 10.4 Å². The van der Waals surface area contributed by atoms with Gasteiger partial charge in [0.15, 0.2) is 0 Å². The number of benzene rings is 1. The molecule has 1 fully saturated rings. The van der Waals surface area contributed by atoms with E-state index in [0.29, 0.717) is 12.1 Å². The summed E-state index contributed by atoms with van der Waals surface area (Å²) in [5.74, 6) is -4.76. The number of carboxylic acid groups (broad SMARTS) is 1. The molecule has 32 heavy (non-hydrogen) atoms. The highest BCUT2D eigenvalue weighted by Crippen LogP contribution is 2.36. The summed E-state index contributed by atoms with van der Waals surface area (Å²) >= 11 is 0. The summed E-state index contributed by atoms with van der Waals surface area (Å²) in [6.45, 7) is 2.34. The van der Waals surface area contributed by atoms with Crippen molar-refractivity contribution in [1.29, 1.82) is 0 Å². The second kappa shape index (κ2) is 9.49. The molecule has 2 aliphatic rings. The van der Waals surface area contributed by atoms with E-state index in [2.05, 4.69) is 0 Å². The molecule has 0 bridgehead atoms. The summed E-state index contributed by atoms with van der Waals surface area (Å²) in [4.78, 5) is 62.6.